The second kappa shape index (κ2) is 8.32. The van der Waals surface area contributed by atoms with Crippen LogP contribution in [0.5, 0.6) is 0 Å². The Morgan fingerprint density at radius 1 is 1.20 bits per heavy atom. The van der Waals surface area contributed by atoms with Gasteiger partial charge in [-0.3, -0.25) is 4.99 Å². The van der Waals surface area contributed by atoms with E-state index in [9.17, 15) is 5.11 Å². The Labute approximate surface area is 149 Å². The van der Waals surface area contributed by atoms with E-state index in [4.69, 9.17) is 4.74 Å². The molecular formula is C20H27N3O2. The third-order valence-electron chi connectivity index (χ3n) is 4.96. The maximum Gasteiger partial charge on any atom is 0.191 e. The van der Waals surface area contributed by atoms with Crippen molar-refractivity contribution in [3.05, 3.63) is 48.0 Å². The molecule has 1 heterocycles. The van der Waals surface area contributed by atoms with Crippen molar-refractivity contribution in [2.75, 3.05) is 33.4 Å². The predicted octanol–water partition coefficient (Wildman–Crippen LogP) is 2.29. The number of nitrogens with one attached hydrogen (secondary N) is 2. The Kier molecular flexibility index (Phi) is 5.89. The van der Waals surface area contributed by atoms with Gasteiger partial charge in [0.2, 0.25) is 0 Å². The standard InChI is InChI=1S/C20H27N3O2/c1-21-19(23-14-20(8-10-24)9-11-25-15-20)22-13-16-6-7-17-4-2-3-5-18(17)12-16/h2-7,12,24H,8-11,13-15H2,1H3,(H2,21,22,23). The Bertz CT molecular complexity index is 724. The molecule has 1 unspecified atom stereocenters. The third kappa shape index (κ3) is 4.50. The molecule has 1 saturated heterocycles. The first kappa shape index (κ1) is 17.7. The molecule has 25 heavy (non-hydrogen) atoms. The molecule has 0 amide bonds. The highest BCUT2D eigenvalue weighted by Gasteiger charge is 2.34. The number of aliphatic hydroxyl groups excluding tert-OH is 1. The first-order valence-electron chi connectivity index (χ1n) is 8.85. The lowest BCUT2D eigenvalue weighted by Crippen LogP contribution is -2.44. The van der Waals surface area contributed by atoms with Crippen LogP contribution in [-0.2, 0) is 11.3 Å². The number of nitrogens with zero attached hydrogens (tertiary/aromatic N) is 1. The third-order valence-corrected chi connectivity index (χ3v) is 4.96. The van der Waals surface area contributed by atoms with E-state index in [0.717, 1.165) is 32.0 Å². The Morgan fingerprint density at radius 3 is 2.76 bits per heavy atom. The van der Waals surface area contributed by atoms with Gasteiger partial charge in [0.05, 0.1) is 6.61 Å². The molecule has 1 aliphatic rings. The Hall–Kier alpha value is -2.11. The zero-order chi connectivity index (χ0) is 17.5. The molecule has 2 aromatic carbocycles. The largest absolute Gasteiger partial charge is 0.396 e. The van der Waals surface area contributed by atoms with E-state index in [0.29, 0.717) is 13.2 Å². The van der Waals surface area contributed by atoms with Gasteiger partial charge < -0.3 is 20.5 Å². The quantitative estimate of drug-likeness (QED) is 0.557. The van der Waals surface area contributed by atoms with E-state index in [1.807, 2.05) is 0 Å². The molecule has 2 aromatic rings. The van der Waals surface area contributed by atoms with Crippen molar-refractivity contribution in [1.82, 2.24) is 10.6 Å². The van der Waals surface area contributed by atoms with Gasteiger partial charge in [-0.15, -0.1) is 0 Å². The summed E-state index contributed by atoms with van der Waals surface area (Å²) in [5, 5.41) is 18.6. The van der Waals surface area contributed by atoms with Gasteiger partial charge in [0.25, 0.3) is 0 Å². The van der Waals surface area contributed by atoms with Crippen molar-refractivity contribution in [2.45, 2.75) is 19.4 Å². The van der Waals surface area contributed by atoms with Crippen molar-refractivity contribution in [2.24, 2.45) is 10.4 Å². The van der Waals surface area contributed by atoms with Crippen LogP contribution in [0, 0.1) is 5.41 Å². The van der Waals surface area contributed by atoms with Crippen molar-refractivity contribution < 1.29 is 9.84 Å². The highest BCUT2D eigenvalue weighted by Crippen LogP contribution is 2.31. The molecule has 1 atom stereocenters. The van der Waals surface area contributed by atoms with Crippen LogP contribution in [0.3, 0.4) is 0 Å². The zero-order valence-corrected chi connectivity index (χ0v) is 14.8. The molecule has 0 bridgehead atoms. The summed E-state index contributed by atoms with van der Waals surface area (Å²) in [7, 11) is 1.78. The molecule has 134 valence electrons. The summed E-state index contributed by atoms with van der Waals surface area (Å²) in [6.45, 7) is 3.13. The fourth-order valence-electron chi connectivity index (χ4n) is 3.34. The first-order chi connectivity index (χ1) is 12.2. The monoisotopic (exact) mass is 341 g/mol. The summed E-state index contributed by atoms with van der Waals surface area (Å²) >= 11 is 0. The van der Waals surface area contributed by atoms with Crippen LogP contribution >= 0.6 is 0 Å². The molecule has 1 fully saturated rings. The fraction of sp³-hybridized carbons (Fsp3) is 0.450. The number of fused-ring (bicyclic) bond motifs is 1. The normalized spacial score (nSPS) is 20.8. The number of guanidine groups is 1. The number of hydrogen-bond acceptors (Lipinski definition) is 3. The van der Waals surface area contributed by atoms with Crippen LogP contribution in [0.1, 0.15) is 18.4 Å². The van der Waals surface area contributed by atoms with Crippen molar-refractivity contribution in [3.63, 3.8) is 0 Å². The number of hydrogen-bond donors (Lipinski definition) is 3. The van der Waals surface area contributed by atoms with Gasteiger partial charge in [-0.1, -0.05) is 36.4 Å². The molecule has 0 spiro atoms. The summed E-state index contributed by atoms with van der Waals surface area (Å²) < 4.78 is 5.54. The topological polar surface area (TPSA) is 65.9 Å². The van der Waals surface area contributed by atoms with E-state index in [1.165, 1.54) is 16.3 Å². The number of rotatable bonds is 6. The zero-order valence-electron chi connectivity index (χ0n) is 14.8. The van der Waals surface area contributed by atoms with E-state index in [1.54, 1.807) is 7.05 Å². The SMILES string of the molecule is CN=C(NCc1ccc2ccccc2c1)NCC1(CCO)CCOC1. The number of benzene rings is 2. The Balaban J connectivity index is 1.56. The molecular weight excluding hydrogens is 314 g/mol. The summed E-state index contributed by atoms with van der Waals surface area (Å²) in [5.74, 6) is 0.775. The van der Waals surface area contributed by atoms with Crippen LogP contribution in [0.4, 0.5) is 0 Å². The minimum atomic E-state index is 0.00925. The molecule has 0 aromatic heterocycles. The van der Waals surface area contributed by atoms with E-state index in [-0.39, 0.29) is 12.0 Å². The lowest BCUT2D eigenvalue weighted by Gasteiger charge is -2.27. The second-order valence-corrected chi connectivity index (χ2v) is 6.74. The summed E-state index contributed by atoms with van der Waals surface area (Å²) in [5.41, 5.74) is 1.23. The molecule has 3 N–H and O–H groups in total. The van der Waals surface area contributed by atoms with Crippen molar-refractivity contribution in [1.29, 1.82) is 0 Å². The molecule has 0 radical (unpaired) electrons. The minimum Gasteiger partial charge on any atom is -0.396 e. The van der Waals surface area contributed by atoms with Gasteiger partial charge in [-0.25, -0.2) is 0 Å². The van der Waals surface area contributed by atoms with Crippen LogP contribution in [0.2, 0.25) is 0 Å². The van der Waals surface area contributed by atoms with E-state index >= 15 is 0 Å². The van der Waals surface area contributed by atoms with Gasteiger partial charge in [-0.05, 0) is 35.2 Å². The van der Waals surface area contributed by atoms with E-state index < -0.39 is 0 Å². The summed E-state index contributed by atoms with van der Waals surface area (Å²) in [4.78, 5) is 4.31. The molecule has 3 rings (SSSR count). The summed E-state index contributed by atoms with van der Waals surface area (Å²) in [6, 6.07) is 14.9. The fourth-order valence-corrected chi connectivity index (χ4v) is 3.34. The van der Waals surface area contributed by atoms with Crippen LogP contribution in [-0.4, -0.2) is 44.5 Å². The van der Waals surface area contributed by atoms with E-state index in [2.05, 4.69) is 58.1 Å². The van der Waals surface area contributed by atoms with Gasteiger partial charge in [0.1, 0.15) is 0 Å². The first-order valence-corrected chi connectivity index (χ1v) is 8.85. The maximum atomic E-state index is 9.32. The number of ether oxygens (including phenoxy) is 1. The van der Waals surface area contributed by atoms with Crippen molar-refractivity contribution in [3.8, 4) is 0 Å². The molecule has 0 aliphatic carbocycles. The predicted molar refractivity (Wildman–Crippen MR) is 102 cm³/mol. The smallest absolute Gasteiger partial charge is 0.191 e. The molecule has 1 aliphatic heterocycles. The van der Waals surface area contributed by atoms with Crippen LogP contribution < -0.4 is 10.6 Å². The number of aliphatic hydroxyl groups is 1. The van der Waals surface area contributed by atoms with Crippen molar-refractivity contribution >= 4 is 16.7 Å². The average molecular weight is 341 g/mol. The van der Waals surface area contributed by atoms with Gasteiger partial charge in [0, 0.05) is 38.8 Å². The van der Waals surface area contributed by atoms with Gasteiger partial charge in [0.15, 0.2) is 5.96 Å². The average Bonchev–Trinajstić information content (AvgIpc) is 3.11. The lowest BCUT2D eigenvalue weighted by molar-refractivity contribution is 0.127. The molecule has 5 heteroatoms. The number of aliphatic imine (C=N–C) groups is 1. The minimum absolute atomic E-state index is 0.00925. The molecule has 5 nitrogen and oxygen atoms in total. The second-order valence-electron chi connectivity index (χ2n) is 6.74. The Morgan fingerprint density at radius 2 is 2.04 bits per heavy atom. The lowest BCUT2D eigenvalue weighted by atomic mass is 9.84. The van der Waals surface area contributed by atoms with Gasteiger partial charge in [-0.2, -0.15) is 0 Å². The van der Waals surface area contributed by atoms with Gasteiger partial charge >= 0.3 is 0 Å². The van der Waals surface area contributed by atoms with Crippen LogP contribution in [0.25, 0.3) is 10.8 Å². The highest BCUT2D eigenvalue weighted by molar-refractivity contribution is 5.83. The maximum absolute atomic E-state index is 9.32. The van der Waals surface area contributed by atoms with Crippen LogP contribution in [0.15, 0.2) is 47.5 Å². The molecule has 0 saturated carbocycles. The summed E-state index contributed by atoms with van der Waals surface area (Å²) in [6.07, 6.45) is 1.73. The highest BCUT2D eigenvalue weighted by atomic mass is 16.5.